The fraction of sp³-hybridized carbons (Fsp3) is 0.636. The van der Waals surface area contributed by atoms with E-state index in [0.717, 1.165) is 24.9 Å². The number of hydrogen-bond donors (Lipinski definition) is 2. The Bertz CT molecular complexity index is 402. The number of nitrogens with two attached hydrogens (primary N) is 1. The van der Waals surface area contributed by atoms with Gasteiger partial charge < -0.3 is 10.6 Å². The van der Waals surface area contributed by atoms with Crippen molar-refractivity contribution in [2.45, 2.75) is 19.3 Å². The van der Waals surface area contributed by atoms with E-state index in [-0.39, 0.29) is 5.91 Å². The van der Waals surface area contributed by atoms with Crippen molar-refractivity contribution in [2.75, 3.05) is 18.8 Å². The number of nitrogens with zero attached hydrogens (tertiary/aromatic N) is 2. The SMILES string of the molecule is Nc1cc(C(=O)N2CC3CCCC3C2)[nH]n1. The van der Waals surface area contributed by atoms with Gasteiger partial charge in [0.15, 0.2) is 0 Å². The van der Waals surface area contributed by atoms with E-state index >= 15 is 0 Å². The number of aromatic nitrogens is 2. The number of nitrogen functional groups attached to an aromatic ring is 1. The molecule has 1 aromatic heterocycles. The van der Waals surface area contributed by atoms with Crippen molar-refractivity contribution in [3.63, 3.8) is 0 Å². The molecule has 5 heteroatoms. The molecular weight excluding hydrogens is 204 g/mol. The highest BCUT2D eigenvalue weighted by atomic mass is 16.2. The quantitative estimate of drug-likeness (QED) is 0.737. The Kier molecular flexibility index (Phi) is 2.12. The van der Waals surface area contributed by atoms with Crippen LogP contribution in [0.15, 0.2) is 6.07 Å². The molecule has 16 heavy (non-hydrogen) atoms. The van der Waals surface area contributed by atoms with Gasteiger partial charge in [-0.1, -0.05) is 6.42 Å². The van der Waals surface area contributed by atoms with Gasteiger partial charge in [0.2, 0.25) is 0 Å². The van der Waals surface area contributed by atoms with Gasteiger partial charge in [0, 0.05) is 19.2 Å². The standard InChI is InChI=1S/C11H16N4O/c12-10-4-9(13-14-10)11(16)15-5-7-2-1-3-8(7)6-15/h4,7-8H,1-3,5-6H2,(H3,12,13,14). The van der Waals surface area contributed by atoms with Gasteiger partial charge in [-0.25, -0.2) is 0 Å². The average Bonchev–Trinajstić information content (AvgIpc) is 2.89. The zero-order valence-electron chi connectivity index (χ0n) is 9.15. The summed E-state index contributed by atoms with van der Waals surface area (Å²) in [4.78, 5) is 14.0. The molecule has 2 heterocycles. The molecule has 1 amide bonds. The van der Waals surface area contributed by atoms with E-state index in [1.165, 1.54) is 19.3 Å². The fourth-order valence-corrected chi connectivity index (χ4v) is 3.02. The van der Waals surface area contributed by atoms with Crippen molar-refractivity contribution in [1.82, 2.24) is 15.1 Å². The van der Waals surface area contributed by atoms with Crippen LogP contribution >= 0.6 is 0 Å². The van der Waals surface area contributed by atoms with Gasteiger partial charge in [-0.2, -0.15) is 5.10 Å². The molecule has 0 bridgehead atoms. The Balaban J connectivity index is 1.73. The molecular formula is C11H16N4O. The molecule has 0 aromatic carbocycles. The Labute approximate surface area is 94.0 Å². The lowest BCUT2D eigenvalue weighted by Gasteiger charge is -2.15. The molecule has 2 fully saturated rings. The molecule has 1 saturated heterocycles. The van der Waals surface area contributed by atoms with Gasteiger partial charge in [-0.3, -0.25) is 9.89 Å². The molecule has 3 N–H and O–H groups in total. The summed E-state index contributed by atoms with van der Waals surface area (Å²) in [6.45, 7) is 1.81. The number of carbonyl (C=O) groups is 1. The topological polar surface area (TPSA) is 75.0 Å². The fourth-order valence-electron chi connectivity index (χ4n) is 3.02. The number of rotatable bonds is 1. The third kappa shape index (κ3) is 1.47. The first kappa shape index (κ1) is 9.69. The van der Waals surface area contributed by atoms with Gasteiger partial charge in [0.1, 0.15) is 11.5 Å². The molecule has 0 radical (unpaired) electrons. The number of amides is 1. The Morgan fingerprint density at radius 1 is 1.44 bits per heavy atom. The lowest BCUT2D eigenvalue weighted by molar-refractivity contribution is 0.0775. The zero-order valence-corrected chi connectivity index (χ0v) is 9.15. The number of aromatic amines is 1. The molecule has 1 aromatic rings. The third-order valence-electron chi connectivity index (χ3n) is 3.84. The highest BCUT2D eigenvalue weighted by Crippen LogP contribution is 2.38. The van der Waals surface area contributed by atoms with Crippen LogP contribution in [-0.2, 0) is 0 Å². The Morgan fingerprint density at radius 2 is 2.12 bits per heavy atom. The van der Waals surface area contributed by atoms with E-state index in [4.69, 9.17) is 5.73 Å². The molecule has 1 saturated carbocycles. The molecule has 2 atom stereocenters. The summed E-state index contributed by atoms with van der Waals surface area (Å²) in [5.41, 5.74) is 6.01. The van der Waals surface area contributed by atoms with Crippen LogP contribution < -0.4 is 5.73 Å². The van der Waals surface area contributed by atoms with Crippen molar-refractivity contribution in [3.05, 3.63) is 11.8 Å². The number of H-pyrrole nitrogens is 1. The van der Waals surface area contributed by atoms with E-state index in [2.05, 4.69) is 10.2 Å². The molecule has 5 nitrogen and oxygen atoms in total. The molecule has 2 unspecified atom stereocenters. The van der Waals surface area contributed by atoms with Crippen LogP contribution in [0.1, 0.15) is 29.8 Å². The summed E-state index contributed by atoms with van der Waals surface area (Å²) < 4.78 is 0. The predicted molar refractivity (Wildman–Crippen MR) is 59.7 cm³/mol. The van der Waals surface area contributed by atoms with Crippen LogP contribution in [-0.4, -0.2) is 34.1 Å². The van der Waals surface area contributed by atoms with Crippen LogP contribution in [0.2, 0.25) is 0 Å². The zero-order chi connectivity index (χ0) is 11.1. The van der Waals surface area contributed by atoms with Crippen LogP contribution in [0, 0.1) is 11.8 Å². The van der Waals surface area contributed by atoms with Gasteiger partial charge in [-0.15, -0.1) is 0 Å². The summed E-state index contributed by atoms with van der Waals surface area (Å²) in [6, 6.07) is 1.61. The van der Waals surface area contributed by atoms with E-state index < -0.39 is 0 Å². The maximum absolute atomic E-state index is 12.1. The van der Waals surface area contributed by atoms with E-state index in [9.17, 15) is 4.79 Å². The monoisotopic (exact) mass is 220 g/mol. The summed E-state index contributed by atoms with van der Waals surface area (Å²) in [5, 5.41) is 6.47. The highest BCUT2D eigenvalue weighted by molar-refractivity contribution is 5.93. The molecule has 0 spiro atoms. The lowest BCUT2D eigenvalue weighted by atomic mass is 10.0. The maximum atomic E-state index is 12.1. The minimum absolute atomic E-state index is 0.0404. The molecule has 2 aliphatic rings. The largest absolute Gasteiger partial charge is 0.382 e. The third-order valence-corrected chi connectivity index (χ3v) is 3.84. The van der Waals surface area contributed by atoms with E-state index in [1.54, 1.807) is 6.07 Å². The summed E-state index contributed by atoms with van der Waals surface area (Å²) in [7, 11) is 0. The second-order valence-corrected chi connectivity index (χ2v) is 4.87. The molecule has 1 aliphatic carbocycles. The first-order chi connectivity index (χ1) is 7.74. The predicted octanol–water partition coefficient (Wildman–Crippen LogP) is 0.864. The number of nitrogens with one attached hydrogen (secondary N) is 1. The van der Waals surface area contributed by atoms with Crippen LogP contribution in [0.5, 0.6) is 0 Å². The van der Waals surface area contributed by atoms with E-state index in [1.807, 2.05) is 4.90 Å². The van der Waals surface area contributed by atoms with Crippen LogP contribution in [0.3, 0.4) is 0 Å². The van der Waals surface area contributed by atoms with Crippen molar-refractivity contribution < 1.29 is 4.79 Å². The second-order valence-electron chi connectivity index (χ2n) is 4.87. The van der Waals surface area contributed by atoms with Gasteiger partial charge >= 0.3 is 0 Å². The summed E-state index contributed by atoms with van der Waals surface area (Å²) in [5.74, 6) is 1.87. The second kappa shape index (κ2) is 3.50. The number of fused-ring (bicyclic) bond motifs is 1. The lowest BCUT2D eigenvalue weighted by Crippen LogP contribution is -2.29. The average molecular weight is 220 g/mol. The minimum Gasteiger partial charge on any atom is -0.382 e. The van der Waals surface area contributed by atoms with Crippen LogP contribution in [0.25, 0.3) is 0 Å². The Morgan fingerprint density at radius 3 is 2.69 bits per heavy atom. The van der Waals surface area contributed by atoms with Crippen molar-refractivity contribution in [3.8, 4) is 0 Å². The number of carbonyl (C=O) groups excluding carboxylic acids is 1. The number of anilines is 1. The molecule has 1 aliphatic heterocycles. The van der Waals surface area contributed by atoms with Gasteiger partial charge in [-0.05, 0) is 24.7 Å². The molecule has 3 rings (SSSR count). The first-order valence-corrected chi connectivity index (χ1v) is 5.84. The highest BCUT2D eigenvalue weighted by Gasteiger charge is 2.38. The number of likely N-dealkylation sites (tertiary alicyclic amines) is 1. The van der Waals surface area contributed by atoms with Crippen molar-refractivity contribution in [2.24, 2.45) is 11.8 Å². The van der Waals surface area contributed by atoms with Gasteiger partial charge in [0.25, 0.3) is 5.91 Å². The smallest absolute Gasteiger partial charge is 0.271 e. The van der Waals surface area contributed by atoms with Crippen LogP contribution in [0.4, 0.5) is 5.82 Å². The van der Waals surface area contributed by atoms with Crippen molar-refractivity contribution in [1.29, 1.82) is 0 Å². The summed E-state index contributed by atoms with van der Waals surface area (Å²) in [6.07, 6.45) is 3.88. The van der Waals surface area contributed by atoms with Gasteiger partial charge in [0.05, 0.1) is 0 Å². The Hall–Kier alpha value is -1.52. The minimum atomic E-state index is 0.0404. The van der Waals surface area contributed by atoms with Crippen molar-refractivity contribution >= 4 is 11.7 Å². The number of hydrogen-bond acceptors (Lipinski definition) is 3. The van der Waals surface area contributed by atoms with E-state index in [0.29, 0.717) is 11.5 Å². The normalized spacial score (nSPS) is 28.4. The first-order valence-electron chi connectivity index (χ1n) is 5.84. The molecule has 86 valence electrons. The maximum Gasteiger partial charge on any atom is 0.271 e. The summed E-state index contributed by atoms with van der Waals surface area (Å²) >= 11 is 0.